The van der Waals surface area contributed by atoms with E-state index in [1.54, 1.807) is 0 Å². The molecule has 0 aromatic carbocycles. The fourth-order valence-corrected chi connectivity index (χ4v) is 0. The van der Waals surface area contributed by atoms with E-state index in [2.05, 4.69) is 13.5 Å². The molecule has 0 aromatic rings. The van der Waals surface area contributed by atoms with Crippen LogP contribution in [-0.2, 0) is 0 Å². The molecule has 0 fully saturated rings. The summed E-state index contributed by atoms with van der Waals surface area (Å²) in [6.45, 7) is 6.50. The molecular formula is C3H5Rb. The van der Waals surface area contributed by atoms with E-state index in [-0.39, 0.29) is 58.2 Å². The van der Waals surface area contributed by atoms with Crippen LogP contribution in [0.1, 0.15) is 0 Å². The van der Waals surface area contributed by atoms with E-state index in [1.165, 1.54) is 6.08 Å². The molecule has 0 aromatic heterocycles. The Balaban J connectivity index is 0. The molecule has 0 aliphatic heterocycles. The van der Waals surface area contributed by atoms with E-state index in [9.17, 15) is 0 Å². The second-order valence-electron chi connectivity index (χ2n) is 0.289. The maximum atomic E-state index is 3.25. The zero-order valence-corrected chi connectivity index (χ0v) is 7.91. The smallest absolute Gasteiger partial charge is 0.245 e. The Labute approximate surface area is 76.1 Å². The maximum absolute atomic E-state index is 3.25. The van der Waals surface area contributed by atoms with Gasteiger partial charge in [-0.05, 0) is 0 Å². The standard InChI is InChI=1S/C3H5.Rb/c1-3-2;/h3H,1-2H2;/q-1;+1. The van der Waals surface area contributed by atoms with Crippen molar-refractivity contribution in [3.63, 3.8) is 0 Å². The summed E-state index contributed by atoms with van der Waals surface area (Å²) in [7, 11) is 0. The third-order valence-corrected chi connectivity index (χ3v) is 0. The molecule has 0 rings (SSSR count). The van der Waals surface area contributed by atoms with Gasteiger partial charge in [0.05, 0.1) is 0 Å². The number of hydrogen-bond donors (Lipinski definition) is 0. The van der Waals surface area contributed by atoms with Crippen LogP contribution in [0.2, 0.25) is 0 Å². The van der Waals surface area contributed by atoms with Crippen molar-refractivity contribution in [3.8, 4) is 0 Å². The van der Waals surface area contributed by atoms with Gasteiger partial charge in [0.25, 0.3) is 0 Å². The molecule has 4 heavy (non-hydrogen) atoms. The minimum absolute atomic E-state index is 0. The molecule has 0 saturated carbocycles. The Bertz CT molecular complexity index is 10.8. The fourth-order valence-electron chi connectivity index (χ4n) is 0. The Morgan fingerprint density at radius 3 is 1.75 bits per heavy atom. The molecule has 0 radical (unpaired) electrons. The van der Waals surface area contributed by atoms with Crippen LogP contribution in [0.3, 0.4) is 0 Å². The second kappa shape index (κ2) is 8.83. The second-order valence-corrected chi connectivity index (χ2v) is 0.289. The first-order valence-electron chi connectivity index (χ1n) is 0.816. The van der Waals surface area contributed by atoms with Gasteiger partial charge in [-0.25, -0.2) is 19.6 Å². The van der Waals surface area contributed by atoms with Crippen LogP contribution in [0.5, 0.6) is 0 Å². The summed E-state index contributed by atoms with van der Waals surface area (Å²) in [6.07, 6.45) is 1.50. The van der Waals surface area contributed by atoms with E-state index in [1.807, 2.05) is 0 Å². The third kappa shape index (κ3) is 9.95. The zero-order chi connectivity index (χ0) is 2.71. The first-order valence-corrected chi connectivity index (χ1v) is 0.816. The van der Waals surface area contributed by atoms with Crippen molar-refractivity contribution >= 4 is 0 Å². The van der Waals surface area contributed by atoms with E-state index in [0.717, 1.165) is 0 Å². The molecule has 1 heteroatoms. The summed E-state index contributed by atoms with van der Waals surface area (Å²) in [6, 6.07) is 0. The van der Waals surface area contributed by atoms with E-state index < -0.39 is 0 Å². The average molecular weight is 127 g/mol. The molecular weight excluding hydrogens is 122 g/mol. The van der Waals surface area contributed by atoms with Gasteiger partial charge < -0.3 is 0 Å². The number of hydrogen-bond acceptors (Lipinski definition) is 0. The molecule has 0 saturated heterocycles. The van der Waals surface area contributed by atoms with Gasteiger partial charge >= 0.3 is 58.2 Å². The SMILES string of the molecule is C=C[CH2-].[Rb+]. The molecule has 0 heterocycles. The van der Waals surface area contributed by atoms with Crippen LogP contribution in [0.15, 0.2) is 12.7 Å². The molecule has 0 aliphatic rings. The largest absolute Gasteiger partial charge is 1.00 e. The molecule has 18 valence electrons. The van der Waals surface area contributed by atoms with Gasteiger partial charge in [0.15, 0.2) is 0 Å². The Morgan fingerprint density at radius 2 is 1.75 bits per heavy atom. The maximum Gasteiger partial charge on any atom is 1.00 e. The van der Waals surface area contributed by atoms with Gasteiger partial charge in [-0.1, -0.05) is 0 Å². The van der Waals surface area contributed by atoms with Gasteiger partial charge in [-0.15, -0.1) is 0 Å². The summed E-state index contributed by atoms with van der Waals surface area (Å²) in [4.78, 5) is 0. The predicted molar refractivity (Wildman–Crippen MR) is 15.6 cm³/mol. The van der Waals surface area contributed by atoms with Crippen molar-refractivity contribution in [2.75, 3.05) is 0 Å². The normalized spacial score (nSPS) is 3.00. The summed E-state index contributed by atoms with van der Waals surface area (Å²) < 4.78 is 0. The van der Waals surface area contributed by atoms with Crippen molar-refractivity contribution in [1.82, 2.24) is 0 Å². The Morgan fingerprint density at radius 1 is 1.75 bits per heavy atom. The van der Waals surface area contributed by atoms with Crippen molar-refractivity contribution in [1.29, 1.82) is 0 Å². The first kappa shape index (κ1) is 9.05. The molecule has 0 nitrogen and oxygen atoms in total. The topological polar surface area (TPSA) is 0 Å². The van der Waals surface area contributed by atoms with Gasteiger partial charge in [0.1, 0.15) is 0 Å². The van der Waals surface area contributed by atoms with Crippen molar-refractivity contribution in [2.24, 2.45) is 0 Å². The van der Waals surface area contributed by atoms with Gasteiger partial charge in [0, 0.05) is 0 Å². The average Bonchev–Trinajstić information content (AvgIpc) is 0.918. The number of rotatable bonds is 0. The number of allylic oxidation sites excluding steroid dienone is 1. The van der Waals surface area contributed by atoms with Crippen molar-refractivity contribution in [3.05, 3.63) is 19.6 Å². The van der Waals surface area contributed by atoms with Gasteiger partial charge in [-0.2, -0.15) is 0 Å². The van der Waals surface area contributed by atoms with Crippen molar-refractivity contribution < 1.29 is 58.2 Å². The van der Waals surface area contributed by atoms with Crippen LogP contribution < -0.4 is 58.2 Å². The molecule has 0 aliphatic carbocycles. The summed E-state index contributed by atoms with van der Waals surface area (Å²) >= 11 is 0. The van der Waals surface area contributed by atoms with Gasteiger partial charge in [0.2, 0.25) is 0 Å². The zero-order valence-electron chi connectivity index (χ0n) is 2.99. The Hall–Kier alpha value is 1.42. The predicted octanol–water partition coefficient (Wildman–Crippen LogP) is -1.99. The summed E-state index contributed by atoms with van der Waals surface area (Å²) in [5, 5.41) is 0. The van der Waals surface area contributed by atoms with E-state index >= 15 is 0 Å². The fraction of sp³-hybridized carbons (Fsp3) is 0. The van der Waals surface area contributed by atoms with Crippen LogP contribution >= 0.6 is 0 Å². The van der Waals surface area contributed by atoms with Crippen LogP contribution in [0.25, 0.3) is 0 Å². The quantitative estimate of drug-likeness (QED) is 0.330. The van der Waals surface area contributed by atoms with E-state index in [4.69, 9.17) is 0 Å². The first-order chi connectivity index (χ1) is 1.41. The van der Waals surface area contributed by atoms with Crippen LogP contribution in [0, 0.1) is 6.92 Å². The minimum atomic E-state index is 0. The van der Waals surface area contributed by atoms with Crippen LogP contribution in [0.4, 0.5) is 0 Å². The molecule has 0 atom stereocenters. The summed E-state index contributed by atoms with van der Waals surface area (Å²) in [5.74, 6) is 0. The molecule has 0 spiro atoms. The van der Waals surface area contributed by atoms with Crippen LogP contribution in [-0.4, -0.2) is 0 Å². The molecule has 0 N–H and O–H groups in total. The third-order valence-electron chi connectivity index (χ3n) is 0. The Kier molecular flexibility index (Phi) is 20.0. The van der Waals surface area contributed by atoms with E-state index in [0.29, 0.717) is 0 Å². The van der Waals surface area contributed by atoms with Gasteiger partial charge in [-0.3, -0.25) is 0 Å². The van der Waals surface area contributed by atoms with Crippen molar-refractivity contribution in [2.45, 2.75) is 0 Å². The molecule has 0 amide bonds. The molecule has 0 bridgehead atoms. The molecule has 0 unspecified atom stereocenters. The minimum Gasteiger partial charge on any atom is -0.245 e. The monoisotopic (exact) mass is 126 g/mol. The summed E-state index contributed by atoms with van der Waals surface area (Å²) in [5.41, 5.74) is 0.